The summed E-state index contributed by atoms with van der Waals surface area (Å²) < 4.78 is 27.2. The van der Waals surface area contributed by atoms with Crippen LogP contribution in [0.5, 0.6) is 0 Å². The normalized spacial score (nSPS) is 11.9. The molecule has 120 valence electrons. The van der Waals surface area contributed by atoms with Crippen LogP contribution in [0.2, 0.25) is 10.0 Å². The van der Waals surface area contributed by atoms with E-state index in [-0.39, 0.29) is 21.5 Å². The highest BCUT2D eigenvalue weighted by Crippen LogP contribution is 2.22. The molecule has 0 aliphatic carbocycles. The third kappa shape index (κ3) is 3.70. The zero-order valence-corrected chi connectivity index (χ0v) is 14.3. The predicted molar refractivity (Wildman–Crippen MR) is 93.7 cm³/mol. The Balaban J connectivity index is 1.72. The van der Waals surface area contributed by atoms with Crippen LogP contribution in [-0.2, 0) is 16.4 Å². The molecule has 0 amide bonds. The van der Waals surface area contributed by atoms with Crippen LogP contribution >= 0.6 is 23.2 Å². The fraction of sp³-hybridized carbons (Fsp3) is 0.125. The molecule has 0 atom stereocenters. The fourth-order valence-corrected chi connectivity index (χ4v) is 4.18. The smallest absolute Gasteiger partial charge is 0.240 e. The maximum Gasteiger partial charge on any atom is 0.240 e. The number of sulfonamides is 1. The summed E-state index contributed by atoms with van der Waals surface area (Å²) in [7, 11) is -3.64. The van der Waals surface area contributed by atoms with Crippen LogP contribution in [0.25, 0.3) is 10.9 Å². The van der Waals surface area contributed by atoms with Crippen molar-refractivity contribution in [2.45, 2.75) is 11.3 Å². The highest BCUT2D eigenvalue weighted by molar-refractivity contribution is 7.89. The van der Waals surface area contributed by atoms with Crippen molar-refractivity contribution in [3.8, 4) is 0 Å². The molecule has 0 saturated heterocycles. The van der Waals surface area contributed by atoms with E-state index in [9.17, 15) is 8.42 Å². The third-order valence-corrected chi connectivity index (χ3v) is 5.38. The Labute approximate surface area is 144 Å². The van der Waals surface area contributed by atoms with E-state index in [0.29, 0.717) is 6.42 Å². The van der Waals surface area contributed by atoms with Crippen LogP contribution in [-0.4, -0.2) is 19.9 Å². The summed E-state index contributed by atoms with van der Waals surface area (Å²) in [4.78, 5) is 3.23. The molecular formula is C16H14Cl2N2O2S. The molecule has 2 aromatic carbocycles. The van der Waals surface area contributed by atoms with E-state index in [2.05, 4.69) is 9.71 Å². The van der Waals surface area contributed by atoms with Gasteiger partial charge in [-0.25, -0.2) is 13.1 Å². The number of rotatable bonds is 5. The monoisotopic (exact) mass is 368 g/mol. The van der Waals surface area contributed by atoms with Crippen molar-refractivity contribution in [3.05, 3.63) is 64.3 Å². The van der Waals surface area contributed by atoms with Gasteiger partial charge in [0.15, 0.2) is 0 Å². The van der Waals surface area contributed by atoms with Crippen molar-refractivity contribution in [1.29, 1.82) is 0 Å². The number of fused-ring (bicyclic) bond motifs is 1. The number of para-hydroxylation sites is 1. The van der Waals surface area contributed by atoms with E-state index >= 15 is 0 Å². The van der Waals surface area contributed by atoms with E-state index in [4.69, 9.17) is 23.2 Å². The number of hydrogen-bond acceptors (Lipinski definition) is 2. The van der Waals surface area contributed by atoms with Crippen molar-refractivity contribution in [2.75, 3.05) is 6.54 Å². The van der Waals surface area contributed by atoms with E-state index in [1.807, 2.05) is 30.5 Å². The molecule has 0 aliphatic heterocycles. The zero-order valence-electron chi connectivity index (χ0n) is 12.0. The van der Waals surface area contributed by atoms with E-state index in [0.717, 1.165) is 16.5 Å². The molecule has 0 saturated carbocycles. The van der Waals surface area contributed by atoms with Crippen LogP contribution in [0.3, 0.4) is 0 Å². The molecule has 0 aliphatic rings. The molecule has 2 N–H and O–H groups in total. The maximum atomic E-state index is 12.3. The van der Waals surface area contributed by atoms with Gasteiger partial charge in [0.2, 0.25) is 10.0 Å². The zero-order chi connectivity index (χ0) is 16.4. The van der Waals surface area contributed by atoms with Crippen LogP contribution in [0.4, 0.5) is 0 Å². The van der Waals surface area contributed by atoms with Crippen LogP contribution in [0.15, 0.2) is 53.6 Å². The number of hydrogen-bond donors (Lipinski definition) is 2. The number of nitrogens with one attached hydrogen (secondary N) is 2. The molecule has 7 heteroatoms. The predicted octanol–water partition coefficient (Wildman–Crippen LogP) is 4.00. The number of aromatic amines is 1. The molecule has 0 fully saturated rings. The number of H-pyrrole nitrogens is 1. The van der Waals surface area contributed by atoms with Gasteiger partial charge in [-0.15, -0.1) is 0 Å². The molecule has 0 unspecified atom stereocenters. The van der Waals surface area contributed by atoms with Gasteiger partial charge in [-0.2, -0.15) is 0 Å². The van der Waals surface area contributed by atoms with Gasteiger partial charge in [-0.05, 0) is 36.2 Å². The van der Waals surface area contributed by atoms with Gasteiger partial charge in [0.05, 0.1) is 4.90 Å². The summed E-state index contributed by atoms with van der Waals surface area (Å²) >= 11 is 11.7. The topological polar surface area (TPSA) is 62.0 Å². The van der Waals surface area contributed by atoms with Crippen LogP contribution < -0.4 is 4.72 Å². The Morgan fingerprint density at radius 2 is 1.74 bits per heavy atom. The molecule has 23 heavy (non-hydrogen) atoms. The summed E-state index contributed by atoms with van der Waals surface area (Å²) in [6.45, 7) is 0.286. The van der Waals surface area contributed by atoms with Gasteiger partial charge in [-0.1, -0.05) is 41.4 Å². The maximum absolute atomic E-state index is 12.3. The standard InChI is InChI=1S/C16H14Cl2N2O2S/c17-12-7-13(18)9-14(8-12)23(21,22)20-6-5-11-10-19-16-4-2-1-3-15(11)16/h1-4,7-10,19-20H,5-6H2. The first-order valence-electron chi connectivity index (χ1n) is 6.96. The Kier molecular flexibility index (Phi) is 4.64. The summed E-state index contributed by atoms with van der Waals surface area (Å²) in [5.74, 6) is 0. The van der Waals surface area contributed by atoms with Gasteiger partial charge < -0.3 is 4.98 Å². The number of halogens is 2. The Bertz CT molecular complexity index is 931. The summed E-state index contributed by atoms with van der Waals surface area (Å²) in [6.07, 6.45) is 2.48. The second kappa shape index (κ2) is 6.53. The highest BCUT2D eigenvalue weighted by Gasteiger charge is 2.15. The minimum absolute atomic E-state index is 0.0638. The Hall–Kier alpha value is -1.53. The second-order valence-electron chi connectivity index (χ2n) is 5.11. The van der Waals surface area contributed by atoms with Gasteiger partial charge in [-0.3, -0.25) is 0 Å². The molecule has 3 aromatic rings. The molecule has 1 aromatic heterocycles. The molecule has 0 radical (unpaired) electrons. The third-order valence-electron chi connectivity index (χ3n) is 3.51. The fourth-order valence-electron chi connectivity index (χ4n) is 2.43. The van der Waals surface area contributed by atoms with E-state index < -0.39 is 10.0 Å². The summed E-state index contributed by atoms with van der Waals surface area (Å²) in [6, 6.07) is 12.1. The molecule has 4 nitrogen and oxygen atoms in total. The number of aromatic nitrogens is 1. The number of benzene rings is 2. The van der Waals surface area contributed by atoms with Crippen molar-refractivity contribution in [2.24, 2.45) is 0 Å². The second-order valence-corrected chi connectivity index (χ2v) is 7.75. The lowest BCUT2D eigenvalue weighted by Crippen LogP contribution is -2.26. The average molecular weight is 369 g/mol. The highest BCUT2D eigenvalue weighted by atomic mass is 35.5. The molecule has 1 heterocycles. The first kappa shape index (κ1) is 16.3. The van der Waals surface area contributed by atoms with Gasteiger partial charge >= 0.3 is 0 Å². The summed E-state index contributed by atoms with van der Waals surface area (Å²) in [5, 5.41) is 1.67. The molecule has 0 bridgehead atoms. The van der Waals surface area contributed by atoms with Crippen LogP contribution in [0, 0.1) is 0 Å². The lowest BCUT2D eigenvalue weighted by atomic mass is 10.1. The van der Waals surface area contributed by atoms with Crippen molar-refractivity contribution in [1.82, 2.24) is 9.71 Å². The molecule has 3 rings (SSSR count). The van der Waals surface area contributed by atoms with Crippen LogP contribution in [0.1, 0.15) is 5.56 Å². The van der Waals surface area contributed by atoms with Crippen molar-refractivity contribution >= 4 is 44.1 Å². The SMILES string of the molecule is O=S(=O)(NCCc1c[nH]c2ccccc12)c1cc(Cl)cc(Cl)c1. The Morgan fingerprint density at radius 1 is 1.04 bits per heavy atom. The summed E-state index contributed by atoms with van der Waals surface area (Å²) in [5.41, 5.74) is 2.10. The quantitative estimate of drug-likeness (QED) is 0.714. The first-order valence-corrected chi connectivity index (χ1v) is 9.20. The minimum Gasteiger partial charge on any atom is -0.361 e. The van der Waals surface area contributed by atoms with E-state index in [1.54, 1.807) is 0 Å². The van der Waals surface area contributed by atoms with Gasteiger partial charge in [0, 0.05) is 33.7 Å². The van der Waals surface area contributed by atoms with Gasteiger partial charge in [0.25, 0.3) is 0 Å². The van der Waals surface area contributed by atoms with Crippen molar-refractivity contribution < 1.29 is 8.42 Å². The minimum atomic E-state index is -3.64. The molecular weight excluding hydrogens is 355 g/mol. The van der Waals surface area contributed by atoms with Gasteiger partial charge in [0.1, 0.15) is 0 Å². The van der Waals surface area contributed by atoms with E-state index in [1.165, 1.54) is 18.2 Å². The lowest BCUT2D eigenvalue weighted by Gasteiger charge is -2.07. The Morgan fingerprint density at radius 3 is 2.48 bits per heavy atom. The average Bonchev–Trinajstić information content (AvgIpc) is 2.90. The van der Waals surface area contributed by atoms with Crippen molar-refractivity contribution in [3.63, 3.8) is 0 Å². The lowest BCUT2D eigenvalue weighted by molar-refractivity contribution is 0.581. The molecule has 0 spiro atoms. The largest absolute Gasteiger partial charge is 0.361 e. The first-order chi connectivity index (χ1) is 11.0.